The molecule has 68 valence electrons. The van der Waals surface area contributed by atoms with Crippen molar-refractivity contribution in [3.8, 4) is 0 Å². The second-order valence-corrected chi connectivity index (χ2v) is 1.78. The highest BCUT2D eigenvalue weighted by Gasteiger charge is 1.98. The van der Waals surface area contributed by atoms with Crippen LogP contribution in [0, 0.1) is 0 Å². The molecule has 0 aliphatic heterocycles. The van der Waals surface area contributed by atoms with Gasteiger partial charge in [0.15, 0.2) is 0 Å². The zero-order valence-electron chi connectivity index (χ0n) is 6.65. The number of esters is 1. The second-order valence-electron chi connectivity index (χ2n) is 1.78. The van der Waals surface area contributed by atoms with Gasteiger partial charge in [-0.05, 0) is 6.92 Å². The van der Waals surface area contributed by atoms with E-state index in [0.29, 0.717) is 0 Å². The monoisotopic (exact) mass is 174 g/mol. The van der Waals surface area contributed by atoms with Crippen molar-refractivity contribution in [1.29, 1.82) is 0 Å². The van der Waals surface area contributed by atoms with E-state index in [4.69, 9.17) is 5.11 Å². The van der Waals surface area contributed by atoms with Gasteiger partial charge < -0.3 is 14.6 Å². The molecule has 0 spiro atoms. The van der Waals surface area contributed by atoms with E-state index in [0.717, 1.165) is 0 Å². The van der Waals surface area contributed by atoms with Crippen molar-refractivity contribution >= 4 is 12.1 Å². The van der Waals surface area contributed by atoms with E-state index in [1.165, 1.54) is 12.2 Å². The molecule has 0 fully saturated rings. The average molecular weight is 174 g/mol. The quantitative estimate of drug-likeness (QED) is 0.387. The largest absolute Gasteiger partial charge is 0.505 e. The molecule has 0 atom stereocenters. The van der Waals surface area contributed by atoms with E-state index in [1.807, 2.05) is 0 Å². The molecule has 0 saturated heterocycles. The van der Waals surface area contributed by atoms with Crippen LogP contribution in [-0.2, 0) is 14.3 Å². The summed E-state index contributed by atoms with van der Waals surface area (Å²) >= 11 is 0. The van der Waals surface area contributed by atoms with E-state index in [9.17, 15) is 9.59 Å². The van der Waals surface area contributed by atoms with Crippen LogP contribution in [0.5, 0.6) is 0 Å². The molecule has 0 aromatic carbocycles. The average Bonchev–Trinajstić information content (AvgIpc) is 1.98. The van der Waals surface area contributed by atoms with Gasteiger partial charge in [-0.1, -0.05) is 6.08 Å². The molecule has 0 aliphatic carbocycles. The summed E-state index contributed by atoms with van der Waals surface area (Å²) in [5, 5.41) is 8.01. The van der Waals surface area contributed by atoms with Crippen molar-refractivity contribution in [2.24, 2.45) is 0 Å². The van der Waals surface area contributed by atoms with Gasteiger partial charge >= 0.3 is 12.1 Å². The molecular weight excluding hydrogens is 164 g/mol. The van der Waals surface area contributed by atoms with Crippen LogP contribution in [0.25, 0.3) is 0 Å². The van der Waals surface area contributed by atoms with Gasteiger partial charge in [-0.2, -0.15) is 0 Å². The lowest BCUT2D eigenvalue weighted by Gasteiger charge is -2.00. The Balaban J connectivity index is 3.31. The Bertz CT molecular complexity index is 184. The third-order valence-electron chi connectivity index (χ3n) is 0.856. The van der Waals surface area contributed by atoms with Gasteiger partial charge in [0.2, 0.25) is 0 Å². The molecule has 0 saturated carbocycles. The summed E-state index contributed by atoms with van der Waals surface area (Å²) in [6.07, 6.45) is 1.39. The van der Waals surface area contributed by atoms with Crippen LogP contribution in [-0.4, -0.2) is 30.4 Å². The summed E-state index contributed by atoms with van der Waals surface area (Å²) in [5.74, 6) is -0.508. The van der Waals surface area contributed by atoms with Crippen LogP contribution in [0.2, 0.25) is 0 Å². The highest BCUT2D eigenvalue weighted by molar-refractivity contribution is 5.81. The Labute approximate surface area is 69.6 Å². The maximum atomic E-state index is 10.6. The Hall–Kier alpha value is -1.52. The number of carbonyl (C=O) groups is 2. The molecule has 1 N–H and O–H groups in total. The van der Waals surface area contributed by atoms with E-state index in [2.05, 4.69) is 9.47 Å². The van der Waals surface area contributed by atoms with Gasteiger partial charge in [-0.3, -0.25) is 0 Å². The number of carbonyl (C=O) groups excluding carboxylic acids is 1. The number of allylic oxidation sites excluding steroid dienone is 1. The molecule has 0 radical (unpaired) electrons. The first-order valence-electron chi connectivity index (χ1n) is 3.32. The highest BCUT2D eigenvalue weighted by atomic mass is 16.7. The van der Waals surface area contributed by atoms with E-state index in [1.54, 1.807) is 6.92 Å². The lowest BCUT2D eigenvalue weighted by Crippen LogP contribution is -2.10. The number of rotatable bonds is 4. The van der Waals surface area contributed by atoms with Crippen LogP contribution in [0.1, 0.15) is 6.92 Å². The zero-order valence-corrected chi connectivity index (χ0v) is 6.65. The molecule has 0 unspecified atom stereocenters. The minimum absolute atomic E-state index is 0.0600. The molecule has 0 aromatic rings. The maximum Gasteiger partial charge on any atom is 0.505 e. The van der Waals surface area contributed by atoms with Crippen molar-refractivity contribution in [1.82, 2.24) is 0 Å². The van der Waals surface area contributed by atoms with Crippen molar-refractivity contribution in [3.05, 3.63) is 12.2 Å². The van der Waals surface area contributed by atoms with Crippen LogP contribution < -0.4 is 0 Å². The number of hydrogen-bond donors (Lipinski definition) is 1. The maximum absolute atomic E-state index is 10.6. The van der Waals surface area contributed by atoms with Crippen molar-refractivity contribution in [3.63, 3.8) is 0 Å². The molecular formula is C7H10O5. The summed E-state index contributed by atoms with van der Waals surface area (Å²) in [6.45, 7) is 1.48. The van der Waals surface area contributed by atoms with Gasteiger partial charge in [0.1, 0.15) is 13.2 Å². The lowest BCUT2D eigenvalue weighted by atomic mass is 10.5. The first-order valence-corrected chi connectivity index (χ1v) is 3.32. The van der Waals surface area contributed by atoms with Crippen molar-refractivity contribution in [2.75, 3.05) is 13.2 Å². The van der Waals surface area contributed by atoms with Crippen LogP contribution in [0.15, 0.2) is 12.2 Å². The second kappa shape index (κ2) is 6.21. The zero-order chi connectivity index (χ0) is 9.40. The van der Waals surface area contributed by atoms with E-state index < -0.39 is 12.1 Å². The minimum Gasteiger partial charge on any atom is -0.459 e. The van der Waals surface area contributed by atoms with Crippen LogP contribution >= 0.6 is 0 Å². The van der Waals surface area contributed by atoms with Crippen LogP contribution in [0.3, 0.4) is 0 Å². The number of hydrogen-bond acceptors (Lipinski definition) is 4. The summed E-state index contributed by atoms with van der Waals surface area (Å²) in [7, 11) is 0. The number of carboxylic acid groups (broad SMARTS) is 1. The van der Waals surface area contributed by atoms with E-state index in [-0.39, 0.29) is 13.2 Å². The molecule has 0 bridgehead atoms. The predicted octanol–water partition coefficient (Wildman–Crippen LogP) is 0.800. The Morgan fingerprint density at radius 3 is 2.42 bits per heavy atom. The molecule has 0 aromatic heterocycles. The topological polar surface area (TPSA) is 72.8 Å². The Morgan fingerprint density at radius 2 is 1.92 bits per heavy atom. The van der Waals surface area contributed by atoms with Gasteiger partial charge in [0.25, 0.3) is 0 Å². The highest BCUT2D eigenvalue weighted by Crippen LogP contribution is 1.83. The summed E-state index contributed by atoms with van der Waals surface area (Å²) < 4.78 is 8.60. The van der Waals surface area contributed by atoms with E-state index >= 15 is 0 Å². The molecule has 5 heteroatoms. The number of ether oxygens (including phenoxy) is 2. The molecule has 0 rings (SSSR count). The van der Waals surface area contributed by atoms with Gasteiger partial charge in [-0.15, -0.1) is 0 Å². The fourth-order valence-electron chi connectivity index (χ4n) is 0.455. The smallest absolute Gasteiger partial charge is 0.459 e. The normalized spacial score (nSPS) is 9.75. The first-order chi connectivity index (χ1) is 5.66. The van der Waals surface area contributed by atoms with Crippen molar-refractivity contribution < 1.29 is 24.2 Å². The third-order valence-corrected chi connectivity index (χ3v) is 0.856. The standard InChI is InChI=1S/C7H10O5/c1-2-3-6(8)11-4-5-12-7(9)10/h2-3H,4-5H2,1H3,(H,9,10). The molecule has 0 amide bonds. The molecule has 0 heterocycles. The Morgan fingerprint density at radius 1 is 1.33 bits per heavy atom. The Kier molecular flexibility index (Phi) is 5.42. The molecule has 5 nitrogen and oxygen atoms in total. The fraction of sp³-hybridized carbons (Fsp3) is 0.429. The molecule has 12 heavy (non-hydrogen) atoms. The van der Waals surface area contributed by atoms with Gasteiger partial charge in [-0.25, -0.2) is 9.59 Å². The third kappa shape index (κ3) is 6.60. The molecule has 0 aliphatic rings. The van der Waals surface area contributed by atoms with Gasteiger partial charge in [0, 0.05) is 6.08 Å². The fourth-order valence-corrected chi connectivity index (χ4v) is 0.455. The van der Waals surface area contributed by atoms with Crippen molar-refractivity contribution in [2.45, 2.75) is 6.92 Å². The van der Waals surface area contributed by atoms with Crippen LogP contribution in [0.4, 0.5) is 4.79 Å². The summed E-state index contributed by atoms with van der Waals surface area (Å²) in [6, 6.07) is 0. The lowest BCUT2D eigenvalue weighted by molar-refractivity contribution is -0.138. The summed E-state index contributed by atoms with van der Waals surface area (Å²) in [4.78, 5) is 20.4. The SMILES string of the molecule is CC=CC(=O)OCCOC(=O)O. The van der Waals surface area contributed by atoms with Gasteiger partial charge in [0.05, 0.1) is 0 Å². The summed E-state index contributed by atoms with van der Waals surface area (Å²) in [5.41, 5.74) is 0. The predicted molar refractivity (Wildman–Crippen MR) is 39.7 cm³/mol. The first kappa shape index (κ1) is 10.5. The minimum atomic E-state index is -1.38.